The number of benzene rings is 2. The number of aliphatic hydroxyl groups is 9. The summed E-state index contributed by atoms with van der Waals surface area (Å²) in [6.07, 6.45) is -23.5. The average molecular weight is 741 g/mol. The molecule has 286 valence electrons. The van der Waals surface area contributed by atoms with E-state index in [0.717, 1.165) is 6.07 Å². The SMILES string of the molecule is C[C@@H]1O[C@H](OC[C@H]2O[C@H](Oc3c(-c4ccc(O)cc4)oc4cc(O[C@H]5O[C@@H](C)[C@H](O)[C@@H](O)[C@H]5O)cc(O)c4c3=O)[C@H](O)[C@H](O)[C@H]2O)[C@H](O)[C@H](O)[C@H]1O. The fourth-order valence-corrected chi connectivity index (χ4v) is 6.09. The largest absolute Gasteiger partial charge is 0.508 e. The maximum absolute atomic E-state index is 14.0. The van der Waals surface area contributed by atoms with Crippen LogP contribution in [0.15, 0.2) is 45.6 Å². The van der Waals surface area contributed by atoms with Gasteiger partial charge in [0.2, 0.25) is 23.8 Å². The van der Waals surface area contributed by atoms with Crippen LogP contribution in [0.2, 0.25) is 0 Å². The van der Waals surface area contributed by atoms with E-state index in [2.05, 4.69) is 0 Å². The zero-order chi connectivity index (χ0) is 37.8. The fraction of sp³-hybridized carbons (Fsp3) is 0.545. The van der Waals surface area contributed by atoms with Crippen LogP contribution in [-0.4, -0.2) is 155 Å². The van der Waals surface area contributed by atoms with E-state index >= 15 is 0 Å². The highest BCUT2D eigenvalue weighted by Crippen LogP contribution is 2.38. The highest BCUT2D eigenvalue weighted by atomic mass is 16.7. The predicted octanol–water partition coefficient (Wildman–Crippen LogP) is -2.89. The third kappa shape index (κ3) is 7.16. The van der Waals surface area contributed by atoms with Gasteiger partial charge in [0, 0.05) is 17.7 Å². The van der Waals surface area contributed by atoms with E-state index in [4.69, 9.17) is 32.8 Å². The van der Waals surface area contributed by atoms with Crippen LogP contribution in [-0.2, 0) is 18.9 Å². The first kappa shape index (κ1) is 38.1. The fourth-order valence-electron chi connectivity index (χ4n) is 6.09. The minimum absolute atomic E-state index is 0.138. The van der Waals surface area contributed by atoms with Crippen molar-refractivity contribution in [2.24, 2.45) is 0 Å². The van der Waals surface area contributed by atoms with Gasteiger partial charge in [0.25, 0.3) is 0 Å². The summed E-state index contributed by atoms with van der Waals surface area (Å²) in [5, 5.41) is 114. The summed E-state index contributed by atoms with van der Waals surface area (Å²) < 4.78 is 39.5. The molecule has 19 heteroatoms. The van der Waals surface area contributed by atoms with E-state index in [1.807, 2.05) is 0 Å². The van der Waals surface area contributed by atoms with Crippen LogP contribution in [0.3, 0.4) is 0 Å². The number of rotatable bonds is 8. The van der Waals surface area contributed by atoms with Gasteiger partial charge in [-0.15, -0.1) is 0 Å². The van der Waals surface area contributed by atoms with Crippen LogP contribution in [0.1, 0.15) is 13.8 Å². The Balaban J connectivity index is 1.32. The van der Waals surface area contributed by atoms with E-state index in [9.17, 15) is 61.0 Å². The van der Waals surface area contributed by atoms with Gasteiger partial charge in [-0.05, 0) is 38.1 Å². The molecule has 52 heavy (non-hydrogen) atoms. The molecular formula is C33H40O19. The lowest BCUT2D eigenvalue weighted by Gasteiger charge is -2.42. The lowest BCUT2D eigenvalue weighted by atomic mass is 9.98. The molecule has 15 atom stereocenters. The minimum Gasteiger partial charge on any atom is -0.508 e. The summed E-state index contributed by atoms with van der Waals surface area (Å²) >= 11 is 0. The van der Waals surface area contributed by atoms with Crippen LogP contribution in [0.5, 0.6) is 23.0 Å². The highest BCUT2D eigenvalue weighted by molar-refractivity contribution is 5.88. The first-order valence-corrected chi connectivity index (χ1v) is 16.2. The van der Waals surface area contributed by atoms with Gasteiger partial charge in [-0.25, -0.2) is 0 Å². The van der Waals surface area contributed by atoms with Crippen LogP contribution >= 0.6 is 0 Å². The number of hydrogen-bond donors (Lipinski definition) is 11. The van der Waals surface area contributed by atoms with Crippen molar-refractivity contribution < 1.29 is 89.0 Å². The van der Waals surface area contributed by atoms with Gasteiger partial charge in [-0.2, -0.15) is 0 Å². The van der Waals surface area contributed by atoms with Crippen molar-refractivity contribution in [3.8, 4) is 34.3 Å². The Morgan fingerprint density at radius 1 is 0.635 bits per heavy atom. The molecule has 0 saturated carbocycles. The first-order chi connectivity index (χ1) is 24.6. The number of aromatic hydroxyl groups is 2. The van der Waals surface area contributed by atoms with Crippen molar-refractivity contribution in [3.63, 3.8) is 0 Å². The topological polar surface area (TPSA) is 308 Å². The van der Waals surface area contributed by atoms with Gasteiger partial charge in [-0.1, -0.05) is 0 Å². The Kier molecular flexibility index (Phi) is 11.0. The molecule has 3 aromatic rings. The molecule has 0 amide bonds. The lowest BCUT2D eigenvalue weighted by molar-refractivity contribution is -0.318. The molecule has 11 N–H and O–H groups in total. The monoisotopic (exact) mass is 740 g/mol. The Morgan fingerprint density at radius 3 is 1.79 bits per heavy atom. The van der Waals surface area contributed by atoms with Gasteiger partial charge in [0.1, 0.15) is 89.3 Å². The second-order valence-electron chi connectivity index (χ2n) is 12.9. The smallest absolute Gasteiger partial charge is 0.239 e. The quantitative estimate of drug-likeness (QED) is 0.110. The number of hydrogen-bond acceptors (Lipinski definition) is 19. The molecule has 2 aromatic carbocycles. The molecule has 1 aromatic heterocycles. The van der Waals surface area contributed by atoms with Crippen molar-refractivity contribution in [2.45, 2.75) is 106 Å². The standard InChI is InChI=1S/C33H40O19/c1-10-19(36)23(40)26(43)31(47-10)46-9-17-21(38)25(42)28(45)33(51-17)52-30-22(39)18-15(35)7-14(49-32-27(44)24(41)20(37)11(2)48-32)8-16(18)50-29(30)12-3-5-13(34)6-4-12/h3-8,10-11,17,19-21,23-28,31-38,40-45H,9H2,1-2H3/t10-,11-,17+,19-,20-,21-,23+,24+,25+,26+,27+,28+,31-,32+,33+/m0/s1. The summed E-state index contributed by atoms with van der Waals surface area (Å²) in [7, 11) is 0. The second-order valence-corrected chi connectivity index (χ2v) is 12.9. The summed E-state index contributed by atoms with van der Waals surface area (Å²) in [4.78, 5) is 14.0. The number of phenols is 2. The van der Waals surface area contributed by atoms with E-state index in [1.165, 1.54) is 44.2 Å². The van der Waals surface area contributed by atoms with E-state index in [-0.39, 0.29) is 28.4 Å². The molecule has 6 rings (SSSR count). The maximum Gasteiger partial charge on any atom is 0.239 e. The summed E-state index contributed by atoms with van der Waals surface area (Å²) in [5.74, 6) is -2.01. The Hall–Kier alpha value is -3.67. The molecule has 3 aliphatic rings. The average Bonchev–Trinajstić information content (AvgIpc) is 3.11. The van der Waals surface area contributed by atoms with Crippen LogP contribution in [0, 0.1) is 0 Å². The van der Waals surface area contributed by atoms with Gasteiger partial charge in [0.05, 0.1) is 18.8 Å². The molecule has 3 saturated heterocycles. The molecule has 0 bridgehead atoms. The van der Waals surface area contributed by atoms with Crippen molar-refractivity contribution in [1.29, 1.82) is 0 Å². The molecule has 0 aliphatic carbocycles. The molecule has 0 unspecified atom stereocenters. The number of fused-ring (bicyclic) bond motifs is 1. The van der Waals surface area contributed by atoms with Crippen LogP contribution < -0.4 is 14.9 Å². The third-order valence-corrected chi connectivity index (χ3v) is 9.23. The highest BCUT2D eigenvalue weighted by Gasteiger charge is 2.48. The van der Waals surface area contributed by atoms with Gasteiger partial charge in [0.15, 0.2) is 12.1 Å². The van der Waals surface area contributed by atoms with E-state index in [1.54, 1.807) is 0 Å². The van der Waals surface area contributed by atoms with E-state index in [0.29, 0.717) is 0 Å². The van der Waals surface area contributed by atoms with Crippen LogP contribution in [0.25, 0.3) is 22.3 Å². The van der Waals surface area contributed by atoms with Crippen molar-refractivity contribution in [2.75, 3.05) is 6.61 Å². The van der Waals surface area contributed by atoms with Crippen molar-refractivity contribution in [1.82, 2.24) is 0 Å². The summed E-state index contributed by atoms with van der Waals surface area (Å²) in [6.45, 7) is 2.25. The summed E-state index contributed by atoms with van der Waals surface area (Å²) in [5.41, 5.74) is -1.16. The lowest BCUT2D eigenvalue weighted by Crippen LogP contribution is -2.61. The molecule has 3 aliphatic heterocycles. The van der Waals surface area contributed by atoms with Gasteiger partial charge < -0.3 is 89.0 Å². The predicted molar refractivity (Wildman–Crippen MR) is 170 cm³/mol. The molecule has 19 nitrogen and oxygen atoms in total. The molecule has 4 heterocycles. The zero-order valence-electron chi connectivity index (χ0n) is 27.5. The molecule has 0 radical (unpaired) electrons. The first-order valence-electron chi connectivity index (χ1n) is 16.2. The Labute approximate surface area is 293 Å². The summed E-state index contributed by atoms with van der Waals surface area (Å²) in [6, 6.07) is 7.38. The van der Waals surface area contributed by atoms with Crippen molar-refractivity contribution in [3.05, 3.63) is 46.6 Å². The number of aliphatic hydroxyl groups excluding tert-OH is 9. The Morgan fingerprint density at radius 2 is 1.17 bits per heavy atom. The number of phenolic OH excluding ortho intramolecular Hbond substituents is 2. The molecular weight excluding hydrogens is 700 g/mol. The van der Waals surface area contributed by atoms with E-state index < -0.39 is 121 Å². The van der Waals surface area contributed by atoms with Crippen molar-refractivity contribution >= 4 is 11.0 Å². The minimum atomic E-state index is -1.98. The second kappa shape index (κ2) is 15.0. The van der Waals surface area contributed by atoms with Crippen LogP contribution in [0.4, 0.5) is 0 Å². The molecule has 3 fully saturated rings. The van der Waals surface area contributed by atoms with Gasteiger partial charge >= 0.3 is 0 Å². The third-order valence-electron chi connectivity index (χ3n) is 9.23. The maximum atomic E-state index is 14.0. The molecule has 0 spiro atoms. The van der Waals surface area contributed by atoms with Gasteiger partial charge in [-0.3, -0.25) is 4.79 Å². The zero-order valence-corrected chi connectivity index (χ0v) is 27.5. The Bertz CT molecular complexity index is 1770. The number of ether oxygens (including phenoxy) is 6. The normalized spacial score (nSPS) is 38.2.